The van der Waals surface area contributed by atoms with Gasteiger partial charge in [-0.2, -0.15) is 4.98 Å². The quantitative estimate of drug-likeness (QED) is 0.858. The minimum absolute atomic E-state index is 0.700. The normalized spacial score (nSPS) is 16.9. The molecule has 1 heterocycles. The number of oxazole rings is 1. The molecule has 0 atom stereocenters. The van der Waals surface area contributed by atoms with Crippen LogP contribution in [-0.4, -0.2) is 18.6 Å². The SMILES string of the molecule is CN(CC1CCCCC1)c1nc2cc(N)ccc2o1. The zero-order valence-corrected chi connectivity index (χ0v) is 11.4. The molecule has 3 rings (SSSR count). The number of aromatic nitrogens is 1. The summed E-state index contributed by atoms with van der Waals surface area (Å²) in [4.78, 5) is 6.65. The maximum atomic E-state index is 5.79. The molecule has 1 saturated carbocycles. The second-order valence-electron chi connectivity index (χ2n) is 5.61. The highest BCUT2D eigenvalue weighted by molar-refractivity contribution is 5.78. The average molecular weight is 259 g/mol. The molecular formula is C15H21N3O. The summed E-state index contributed by atoms with van der Waals surface area (Å²) in [7, 11) is 2.06. The van der Waals surface area contributed by atoms with Crippen molar-refractivity contribution in [1.82, 2.24) is 4.98 Å². The standard InChI is InChI=1S/C15H21N3O/c1-18(10-11-5-3-2-4-6-11)15-17-13-9-12(16)7-8-14(13)19-15/h7-9,11H,2-6,10,16H2,1H3. The molecule has 0 aliphatic heterocycles. The molecule has 1 aliphatic rings. The molecule has 0 saturated heterocycles. The van der Waals surface area contributed by atoms with Gasteiger partial charge in [0.15, 0.2) is 5.58 Å². The number of hydrogen-bond acceptors (Lipinski definition) is 4. The zero-order valence-electron chi connectivity index (χ0n) is 11.4. The van der Waals surface area contributed by atoms with Crippen LogP contribution in [0.1, 0.15) is 32.1 Å². The molecule has 2 aromatic rings. The van der Waals surface area contributed by atoms with E-state index in [1.54, 1.807) is 0 Å². The molecule has 0 spiro atoms. The van der Waals surface area contributed by atoms with E-state index in [1.165, 1.54) is 32.1 Å². The van der Waals surface area contributed by atoms with Gasteiger partial charge in [0.2, 0.25) is 0 Å². The molecule has 1 aromatic carbocycles. The van der Waals surface area contributed by atoms with Crippen molar-refractivity contribution in [2.24, 2.45) is 5.92 Å². The molecule has 0 radical (unpaired) electrons. The van der Waals surface area contributed by atoms with Gasteiger partial charge in [0.05, 0.1) is 0 Å². The molecule has 19 heavy (non-hydrogen) atoms. The zero-order chi connectivity index (χ0) is 13.2. The predicted molar refractivity (Wildman–Crippen MR) is 78.3 cm³/mol. The Labute approximate surface area is 113 Å². The summed E-state index contributed by atoms with van der Waals surface area (Å²) in [5.41, 5.74) is 8.13. The highest BCUT2D eigenvalue weighted by atomic mass is 16.4. The first-order valence-electron chi connectivity index (χ1n) is 7.09. The Morgan fingerprint density at radius 3 is 2.89 bits per heavy atom. The first-order valence-corrected chi connectivity index (χ1v) is 7.09. The maximum absolute atomic E-state index is 5.79. The fourth-order valence-corrected chi connectivity index (χ4v) is 2.93. The third-order valence-electron chi connectivity index (χ3n) is 3.98. The van der Waals surface area contributed by atoms with Crippen molar-refractivity contribution < 1.29 is 4.42 Å². The van der Waals surface area contributed by atoms with E-state index in [2.05, 4.69) is 16.9 Å². The van der Waals surface area contributed by atoms with E-state index in [9.17, 15) is 0 Å². The first-order chi connectivity index (χ1) is 9.22. The third kappa shape index (κ3) is 2.67. The number of fused-ring (bicyclic) bond motifs is 1. The Balaban J connectivity index is 1.75. The van der Waals surface area contributed by atoms with E-state index in [-0.39, 0.29) is 0 Å². The maximum Gasteiger partial charge on any atom is 0.298 e. The van der Waals surface area contributed by atoms with Crippen molar-refractivity contribution in [1.29, 1.82) is 0 Å². The third-order valence-corrected chi connectivity index (χ3v) is 3.98. The van der Waals surface area contributed by atoms with E-state index >= 15 is 0 Å². The number of hydrogen-bond donors (Lipinski definition) is 1. The lowest BCUT2D eigenvalue weighted by atomic mass is 9.89. The predicted octanol–water partition coefficient (Wildman–Crippen LogP) is 3.43. The van der Waals surface area contributed by atoms with Crippen molar-refractivity contribution in [3.05, 3.63) is 18.2 Å². The smallest absolute Gasteiger partial charge is 0.298 e. The van der Waals surface area contributed by atoms with Crippen LogP contribution < -0.4 is 10.6 Å². The number of nitrogens with zero attached hydrogens (tertiary/aromatic N) is 2. The highest BCUT2D eigenvalue weighted by Crippen LogP contribution is 2.27. The van der Waals surface area contributed by atoms with E-state index in [0.717, 1.165) is 29.2 Å². The summed E-state index contributed by atoms with van der Waals surface area (Å²) in [5.74, 6) is 0.777. The van der Waals surface area contributed by atoms with Gasteiger partial charge in [-0.15, -0.1) is 0 Å². The lowest BCUT2D eigenvalue weighted by Gasteiger charge is -2.25. The molecule has 1 aliphatic carbocycles. The average Bonchev–Trinajstić information content (AvgIpc) is 2.83. The van der Waals surface area contributed by atoms with Crippen molar-refractivity contribution in [2.45, 2.75) is 32.1 Å². The van der Waals surface area contributed by atoms with Gasteiger partial charge in [-0.05, 0) is 37.0 Å². The van der Waals surface area contributed by atoms with Crippen LogP contribution in [0.15, 0.2) is 22.6 Å². The van der Waals surface area contributed by atoms with Crippen LogP contribution in [0.3, 0.4) is 0 Å². The molecule has 102 valence electrons. The van der Waals surface area contributed by atoms with Gasteiger partial charge in [-0.3, -0.25) is 0 Å². The van der Waals surface area contributed by atoms with Crippen LogP contribution in [0.25, 0.3) is 11.1 Å². The van der Waals surface area contributed by atoms with Gasteiger partial charge in [0.1, 0.15) is 5.52 Å². The van der Waals surface area contributed by atoms with Gasteiger partial charge in [0, 0.05) is 19.3 Å². The van der Waals surface area contributed by atoms with Crippen molar-refractivity contribution in [2.75, 3.05) is 24.2 Å². The number of nitrogens with two attached hydrogens (primary N) is 1. The van der Waals surface area contributed by atoms with Gasteiger partial charge >= 0.3 is 0 Å². The van der Waals surface area contributed by atoms with Crippen molar-refractivity contribution in [3.63, 3.8) is 0 Å². The Morgan fingerprint density at radius 1 is 1.32 bits per heavy atom. The molecule has 4 nitrogen and oxygen atoms in total. The summed E-state index contributed by atoms with van der Waals surface area (Å²) in [6.45, 7) is 1.03. The summed E-state index contributed by atoms with van der Waals surface area (Å²) < 4.78 is 5.79. The number of nitrogen functional groups attached to an aromatic ring is 1. The van der Waals surface area contributed by atoms with Crippen LogP contribution in [0.5, 0.6) is 0 Å². The van der Waals surface area contributed by atoms with Gasteiger partial charge < -0.3 is 15.1 Å². The largest absolute Gasteiger partial charge is 0.423 e. The first kappa shape index (κ1) is 12.3. The summed E-state index contributed by atoms with van der Waals surface area (Å²) in [5, 5.41) is 0. The lowest BCUT2D eigenvalue weighted by Crippen LogP contribution is -2.26. The van der Waals surface area contributed by atoms with Gasteiger partial charge in [-0.25, -0.2) is 0 Å². The lowest BCUT2D eigenvalue weighted by molar-refractivity contribution is 0.357. The topological polar surface area (TPSA) is 55.3 Å². The van der Waals surface area contributed by atoms with Crippen LogP contribution in [0.2, 0.25) is 0 Å². The van der Waals surface area contributed by atoms with Crippen molar-refractivity contribution >= 4 is 22.8 Å². The second-order valence-corrected chi connectivity index (χ2v) is 5.61. The van der Waals surface area contributed by atoms with E-state index in [0.29, 0.717) is 6.01 Å². The van der Waals surface area contributed by atoms with Crippen LogP contribution in [-0.2, 0) is 0 Å². The monoisotopic (exact) mass is 259 g/mol. The fourth-order valence-electron chi connectivity index (χ4n) is 2.93. The number of benzene rings is 1. The minimum Gasteiger partial charge on any atom is -0.423 e. The fraction of sp³-hybridized carbons (Fsp3) is 0.533. The Hall–Kier alpha value is -1.71. The molecule has 0 unspecified atom stereocenters. The molecule has 1 aromatic heterocycles. The van der Waals surface area contributed by atoms with E-state index in [4.69, 9.17) is 10.2 Å². The van der Waals surface area contributed by atoms with Crippen LogP contribution in [0.4, 0.5) is 11.7 Å². The molecule has 0 bridgehead atoms. The molecule has 4 heteroatoms. The number of rotatable bonds is 3. The molecule has 1 fully saturated rings. The molecule has 0 amide bonds. The summed E-state index contributed by atoms with van der Waals surface area (Å²) >= 11 is 0. The molecular weight excluding hydrogens is 238 g/mol. The van der Waals surface area contributed by atoms with Crippen LogP contribution in [0, 0.1) is 5.92 Å². The summed E-state index contributed by atoms with van der Waals surface area (Å²) in [6, 6.07) is 6.29. The second kappa shape index (κ2) is 5.11. The summed E-state index contributed by atoms with van der Waals surface area (Å²) in [6.07, 6.45) is 6.78. The number of anilines is 2. The van der Waals surface area contributed by atoms with E-state index in [1.807, 2.05) is 18.2 Å². The van der Waals surface area contributed by atoms with Gasteiger partial charge in [0.25, 0.3) is 6.01 Å². The van der Waals surface area contributed by atoms with E-state index < -0.39 is 0 Å². The Kier molecular flexibility index (Phi) is 3.32. The minimum atomic E-state index is 0.700. The van der Waals surface area contributed by atoms with Crippen LogP contribution >= 0.6 is 0 Å². The molecule has 2 N–H and O–H groups in total. The van der Waals surface area contributed by atoms with Gasteiger partial charge in [-0.1, -0.05) is 19.3 Å². The van der Waals surface area contributed by atoms with Crippen molar-refractivity contribution in [3.8, 4) is 0 Å². The Morgan fingerprint density at radius 2 is 2.11 bits per heavy atom. The highest BCUT2D eigenvalue weighted by Gasteiger charge is 2.18. The Bertz CT molecular complexity index is 558.